The Hall–Kier alpha value is -1.24. The lowest BCUT2D eigenvalue weighted by Gasteiger charge is -2.04. The second kappa shape index (κ2) is 4.79. The maximum atomic E-state index is 11.4. The molecule has 2 unspecified atom stereocenters. The van der Waals surface area contributed by atoms with E-state index in [0.29, 0.717) is 24.6 Å². The second-order valence-electron chi connectivity index (χ2n) is 4.66. The summed E-state index contributed by atoms with van der Waals surface area (Å²) in [5.74, 6) is 0.344. The molecule has 0 amide bonds. The van der Waals surface area contributed by atoms with Gasteiger partial charge in [0.15, 0.2) is 15.7 Å². The van der Waals surface area contributed by atoms with E-state index >= 15 is 0 Å². The second-order valence-corrected chi connectivity index (χ2v) is 6.89. The smallest absolute Gasteiger partial charge is 0.237 e. The number of hydrogen-bond donors (Lipinski definition) is 0. The van der Waals surface area contributed by atoms with Crippen molar-refractivity contribution >= 4 is 15.6 Å². The largest absolute Gasteiger partial charge is 0.339 e. The van der Waals surface area contributed by atoms with Gasteiger partial charge in [0, 0.05) is 5.92 Å². The molecule has 18 heavy (non-hydrogen) atoms. The maximum Gasteiger partial charge on any atom is 0.237 e. The van der Waals surface area contributed by atoms with Crippen molar-refractivity contribution in [3.05, 3.63) is 11.7 Å². The molecular weight excluding hydrogens is 256 g/mol. The molecule has 7 heteroatoms. The van der Waals surface area contributed by atoms with Crippen LogP contribution in [-0.4, -0.2) is 35.8 Å². The average molecular weight is 272 g/mol. The third kappa shape index (κ3) is 2.60. The summed E-state index contributed by atoms with van der Waals surface area (Å²) in [4.78, 5) is 15.6. The minimum absolute atomic E-state index is 0.0215. The van der Waals surface area contributed by atoms with E-state index in [0.717, 1.165) is 0 Å². The van der Waals surface area contributed by atoms with E-state index in [9.17, 15) is 13.2 Å². The predicted molar refractivity (Wildman–Crippen MR) is 64.0 cm³/mol. The summed E-state index contributed by atoms with van der Waals surface area (Å²) >= 11 is 0. The number of nitrogens with zero attached hydrogens (tertiary/aromatic N) is 2. The van der Waals surface area contributed by atoms with Crippen molar-refractivity contribution in [1.82, 2.24) is 10.1 Å². The van der Waals surface area contributed by atoms with Gasteiger partial charge in [-0.05, 0) is 19.8 Å². The van der Waals surface area contributed by atoms with Crippen LogP contribution in [0.25, 0.3) is 0 Å². The van der Waals surface area contributed by atoms with Crippen LogP contribution in [0.1, 0.15) is 50.2 Å². The highest BCUT2D eigenvalue weighted by Crippen LogP contribution is 2.28. The fourth-order valence-corrected chi connectivity index (χ4v) is 3.93. The predicted octanol–water partition coefficient (Wildman–Crippen LogP) is 1.05. The fourth-order valence-electron chi connectivity index (χ4n) is 2.19. The average Bonchev–Trinajstić information content (AvgIpc) is 2.85. The lowest BCUT2D eigenvalue weighted by Crippen LogP contribution is -2.09. The Labute approximate surface area is 106 Å². The topological polar surface area (TPSA) is 90.1 Å². The van der Waals surface area contributed by atoms with Crippen molar-refractivity contribution in [3.63, 3.8) is 0 Å². The van der Waals surface area contributed by atoms with Crippen LogP contribution < -0.4 is 0 Å². The molecule has 1 aromatic rings. The number of rotatable bonds is 4. The molecule has 2 atom stereocenters. The first-order chi connectivity index (χ1) is 8.43. The van der Waals surface area contributed by atoms with E-state index in [1.807, 2.05) is 6.92 Å². The van der Waals surface area contributed by atoms with Crippen LogP contribution in [0, 0.1) is 0 Å². The minimum atomic E-state index is -2.97. The highest BCUT2D eigenvalue weighted by molar-refractivity contribution is 7.91. The number of hydrogen-bond acceptors (Lipinski definition) is 6. The first kappa shape index (κ1) is 13.2. The molecule has 0 spiro atoms. The number of sulfone groups is 1. The number of carbonyl (C=O) groups excluding carboxylic acids is 1. The summed E-state index contributed by atoms with van der Waals surface area (Å²) in [6.45, 7) is 3.36. The number of aromatic nitrogens is 2. The van der Waals surface area contributed by atoms with Gasteiger partial charge in [-0.25, -0.2) is 8.42 Å². The van der Waals surface area contributed by atoms with Crippen LogP contribution in [0.15, 0.2) is 4.52 Å². The zero-order valence-corrected chi connectivity index (χ0v) is 11.2. The Morgan fingerprint density at radius 1 is 1.56 bits per heavy atom. The highest BCUT2D eigenvalue weighted by atomic mass is 32.2. The Bertz CT molecular complexity index is 549. The van der Waals surface area contributed by atoms with Gasteiger partial charge < -0.3 is 4.52 Å². The Morgan fingerprint density at radius 3 is 2.78 bits per heavy atom. The molecule has 6 nitrogen and oxygen atoms in total. The van der Waals surface area contributed by atoms with Gasteiger partial charge in [-0.15, -0.1) is 0 Å². The van der Waals surface area contributed by atoms with Crippen LogP contribution in [0.2, 0.25) is 0 Å². The summed E-state index contributed by atoms with van der Waals surface area (Å²) in [6.07, 6.45) is 1.12. The monoisotopic (exact) mass is 272 g/mol. The number of Topliss-reactive ketones (excluding diaryl/α,β-unsaturated/α-hetero) is 1. The van der Waals surface area contributed by atoms with E-state index in [4.69, 9.17) is 4.52 Å². The molecule has 1 fully saturated rings. The third-order valence-electron chi connectivity index (χ3n) is 3.25. The minimum Gasteiger partial charge on any atom is -0.339 e. The molecule has 1 aliphatic heterocycles. The van der Waals surface area contributed by atoms with Gasteiger partial charge in [0.05, 0.1) is 17.4 Å². The summed E-state index contributed by atoms with van der Waals surface area (Å²) in [6, 6.07) is 0. The Balaban J connectivity index is 2.18. The van der Waals surface area contributed by atoms with Gasteiger partial charge in [-0.3, -0.25) is 4.79 Å². The lowest BCUT2D eigenvalue weighted by molar-refractivity contribution is -0.119. The quantitative estimate of drug-likeness (QED) is 0.813. The van der Waals surface area contributed by atoms with Crippen molar-refractivity contribution in [3.8, 4) is 0 Å². The molecule has 1 saturated heterocycles. The van der Waals surface area contributed by atoms with Crippen molar-refractivity contribution < 1.29 is 17.7 Å². The summed E-state index contributed by atoms with van der Waals surface area (Å²) in [7, 11) is -2.97. The standard InChI is InChI=1S/C11H16N2O4S/c1-3-9(7(2)14)11-12-10(13-17-11)8-4-5-18(15,16)6-8/h8-9H,3-6H2,1-2H3. The normalized spacial score (nSPS) is 24.0. The third-order valence-corrected chi connectivity index (χ3v) is 5.02. The van der Waals surface area contributed by atoms with Gasteiger partial charge >= 0.3 is 0 Å². The van der Waals surface area contributed by atoms with E-state index in [-0.39, 0.29) is 29.1 Å². The summed E-state index contributed by atoms with van der Waals surface area (Å²) in [5, 5.41) is 3.81. The molecule has 1 aromatic heterocycles. The van der Waals surface area contributed by atoms with E-state index in [1.54, 1.807) is 0 Å². The summed E-state index contributed by atoms with van der Waals surface area (Å²) < 4.78 is 27.8. The van der Waals surface area contributed by atoms with Gasteiger partial charge in [0.2, 0.25) is 5.89 Å². The zero-order chi connectivity index (χ0) is 13.3. The van der Waals surface area contributed by atoms with Gasteiger partial charge in [0.25, 0.3) is 0 Å². The Kier molecular flexibility index (Phi) is 3.52. The van der Waals surface area contributed by atoms with Crippen LogP contribution in [0.3, 0.4) is 0 Å². The van der Waals surface area contributed by atoms with E-state index in [1.165, 1.54) is 6.92 Å². The SMILES string of the molecule is CCC(C(C)=O)c1nc(C2CCS(=O)(=O)C2)no1. The van der Waals surface area contributed by atoms with E-state index in [2.05, 4.69) is 10.1 Å². The van der Waals surface area contributed by atoms with Gasteiger partial charge in [0.1, 0.15) is 5.78 Å². The lowest BCUT2D eigenvalue weighted by atomic mass is 10.0. The molecule has 2 heterocycles. The molecule has 0 radical (unpaired) electrons. The fraction of sp³-hybridized carbons (Fsp3) is 0.727. The van der Waals surface area contributed by atoms with Crippen LogP contribution in [-0.2, 0) is 14.6 Å². The maximum absolute atomic E-state index is 11.4. The van der Waals surface area contributed by atoms with Crippen LogP contribution >= 0.6 is 0 Å². The molecule has 0 saturated carbocycles. The molecule has 0 aromatic carbocycles. The van der Waals surface area contributed by atoms with E-state index < -0.39 is 9.84 Å². The molecule has 100 valence electrons. The first-order valence-corrected chi connectivity index (χ1v) is 7.79. The molecular formula is C11H16N2O4S. The van der Waals surface area contributed by atoms with Crippen LogP contribution in [0.4, 0.5) is 0 Å². The van der Waals surface area contributed by atoms with Crippen molar-refractivity contribution in [2.45, 2.75) is 38.5 Å². The van der Waals surface area contributed by atoms with Crippen molar-refractivity contribution in [1.29, 1.82) is 0 Å². The summed E-state index contributed by atoms with van der Waals surface area (Å²) in [5.41, 5.74) is 0. The molecule has 0 bridgehead atoms. The molecule has 0 aliphatic carbocycles. The van der Waals surface area contributed by atoms with Crippen molar-refractivity contribution in [2.75, 3.05) is 11.5 Å². The molecule has 1 aliphatic rings. The van der Waals surface area contributed by atoms with Crippen molar-refractivity contribution in [2.24, 2.45) is 0 Å². The number of ketones is 1. The molecule has 2 rings (SSSR count). The van der Waals surface area contributed by atoms with Gasteiger partial charge in [-0.1, -0.05) is 12.1 Å². The zero-order valence-electron chi connectivity index (χ0n) is 10.4. The Morgan fingerprint density at radius 2 is 2.28 bits per heavy atom. The molecule has 0 N–H and O–H groups in total. The van der Waals surface area contributed by atoms with Gasteiger partial charge in [-0.2, -0.15) is 4.98 Å². The highest BCUT2D eigenvalue weighted by Gasteiger charge is 2.33. The van der Waals surface area contributed by atoms with Crippen LogP contribution in [0.5, 0.6) is 0 Å². The first-order valence-electron chi connectivity index (χ1n) is 5.97. The number of carbonyl (C=O) groups is 1.